The number of phenolic OH excluding ortho intramolecular Hbond substituents is 1. The molecule has 6 heteroatoms. The zero-order valence-electron chi connectivity index (χ0n) is 15.4. The maximum Gasteiger partial charge on any atom is 0.221 e. The molecule has 1 aliphatic heterocycles. The number of phenols is 1. The lowest BCUT2D eigenvalue weighted by Crippen LogP contribution is -2.15. The van der Waals surface area contributed by atoms with Crippen molar-refractivity contribution in [1.82, 2.24) is 4.98 Å². The Kier molecular flexibility index (Phi) is 4.85. The van der Waals surface area contributed by atoms with Crippen LogP contribution in [0.25, 0.3) is 0 Å². The number of hydrogen-bond acceptors (Lipinski definition) is 5. The molecule has 4 rings (SSSR count). The number of aryl methyl sites for hydroxylation is 1. The van der Waals surface area contributed by atoms with Crippen molar-refractivity contribution in [2.24, 2.45) is 0 Å². The van der Waals surface area contributed by atoms with E-state index in [1.54, 1.807) is 30.5 Å². The van der Waals surface area contributed by atoms with E-state index in [0.717, 1.165) is 29.7 Å². The second-order valence-electron chi connectivity index (χ2n) is 6.68. The van der Waals surface area contributed by atoms with Gasteiger partial charge < -0.3 is 19.9 Å². The van der Waals surface area contributed by atoms with Crippen molar-refractivity contribution in [1.29, 1.82) is 0 Å². The van der Waals surface area contributed by atoms with E-state index in [1.165, 1.54) is 6.92 Å². The largest absolute Gasteiger partial charge is 0.508 e. The lowest BCUT2D eigenvalue weighted by molar-refractivity contribution is -0.114. The SMILES string of the molecule is CC(=O)Nc1ccc(Oc2ccc3c(c2)CCC(c2cccc(O)c2)O3)nc1. The molecule has 0 spiro atoms. The average molecular weight is 376 g/mol. The van der Waals surface area contributed by atoms with Crippen molar-refractivity contribution in [3.8, 4) is 23.1 Å². The number of carbonyl (C=O) groups is 1. The molecule has 2 aromatic carbocycles. The van der Waals surface area contributed by atoms with Crippen molar-refractivity contribution >= 4 is 11.6 Å². The molecule has 0 saturated heterocycles. The number of anilines is 1. The lowest BCUT2D eigenvalue weighted by atomic mass is 9.97. The molecule has 1 amide bonds. The molecule has 0 fully saturated rings. The van der Waals surface area contributed by atoms with E-state index in [9.17, 15) is 9.90 Å². The highest BCUT2D eigenvalue weighted by Crippen LogP contribution is 2.38. The summed E-state index contributed by atoms with van der Waals surface area (Å²) in [6.07, 6.45) is 3.15. The van der Waals surface area contributed by atoms with Crippen molar-refractivity contribution in [2.45, 2.75) is 25.9 Å². The number of amides is 1. The van der Waals surface area contributed by atoms with E-state index < -0.39 is 0 Å². The van der Waals surface area contributed by atoms with Crippen LogP contribution >= 0.6 is 0 Å². The predicted molar refractivity (Wildman–Crippen MR) is 105 cm³/mol. The van der Waals surface area contributed by atoms with E-state index in [2.05, 4.69) is 10.3 Å². The van der Waals surface area contributed by atoms with Gasteiger partial charge in [0, 0.05) is 13.0 Å². The first-order valence-corrected chi connectivity index (χ1v) is 9.07. The minimum atomic E-state index is -0.144. The number of fused-ring (bicyclic) bond motifs is 1. The first-order valence-electron chi connectivity index (χ1n) is 9.07. The number of aromatic hydroxyl groups is 1. The summed E-state index contributed by atoms with van der Waals surface area (Å²) in [5.41, 5.74) is 2.66. The quantitative estimate of drug-likeness (QED) is 0.695. The number of nitrogens with one attached hydrogen (secondary N) is 1. The maximum atomic E-state index is 11.1. The van der Waals surface area contributed by atoms with Gasteiger partial charge in [-0.1, -0.05) is 12.1 Å². The third-order valence-corrected chi connectivity index (χ3v) is 4.50. The molecule has 2 N–H and O–H groups in total. The Bertz CT molecular complexity index is 1000. The van der Waals surface area contributed by atoms with Gasteiger partial charge in [0.15, 0.2) is 0 Å². The molecule has 6 nitrogen and oxygen atoms in total. The summed E-state index contributed by atoms with van der Waals surface area (Å²) < 4.78 is 11.9. The monoisotopic (exact) mass is 376 g/mol. The minimum absolute atomic E-state index is 0.0747. The Morgan fingerprint density at radius 1 is 1.21 bits per heavy atom. The third kappa shape index (κ3) is 4.06. The van der Waals surface area contributed by atoms with E-state index in [4.69, 9.17) is 9.47 Å². The Morgan fingerprint density at radius 3 is 2.86 bits per heavy atom. The summed E-state index contributed by atoms with van der Waals surface area (Å²) in [6, 6.07) is 16.3. The predicted octanol–water partition coefficient (Wildman–Crippen LogP) is 4.60. The third-order valence-electron chi connectivity index (χ3n) is 4.50. The average Bonchev–Trinajstić information content (AvgIpc) is 2.69. The van der Waals surface area contributed by atoms with E-state index in [1.807, 2.05) is 30.3 Å². The highest BCUT2D eigenvalue weighted by molar-refractivity contribution is 5.88. The van der Waals surface area contributed by atoms with Gasteiger partial charge in [-0.15, -0.1) is 0 Å². The maximum absolute atomic E-state index is 11.1. The van der Waals surface area contributed by atoms with Gasteiger partial charge in [0.2, 0.25) is 11.8 Å². The van der Waals surface area contributed by atoms with Crippen LogP contribution in [0, 0.1) is 0 Å². The first kappa shape index (κ1) is 17.9. The van der Waals surface area contributed by atoms with E-state index in [-0.39, 0.29) is 17.8 Å². The summed E-state index contributed by atoms with van der Waals surface area (Å²) in [4.78, 5) is 15.3. The van der Waals surface area contributed by atoms with Crippen LogP contribution in [0.4, 0.5) is 5.69 Å². The van der Waals surface area contributed by atoms with Crippen LogP contribution in [-0.2, 0) is 11.2 Å². The molecule has 1 aliphatic rings. The standard InChI is InChI=1S/C22H20N2O4/c1-14(25)24-17-6-10-22(23-13-17)27-19-7-9-21-16(12-19)5-8-20(28-21)15-3-2-4-18(26)11-15/h2-4,6-7,9-13,20,26H,5,8H2,1H3,(H,24,25). The van der Waals surface area contributed by atoms with Crippen LogP contribution in [0.1, 0.15) is 30.6 Å². The van der Waals surface area contributed by atoms with Gasteiger partial charge in [-0.05, 0) is 60.4 Å². The number of pyridine rings is 1. The van der Waals surface area contributed by atoms with Crippen LogP contribution in [0.3, 0.4) is 0 Å². The first-order chi connectivity index (χ1) is 13.6. The van der Waals surface area contributed by atoms with Crippen LogP contribution < -0.4 is 14.8 Å². The molecule has 0 bridgehead atoms. The zero-order valence-corrected chi connectivity index (χ0v) is 15.4. The molecule has 2 heterocycles. The van der Waals surface area contributed by atoms with Crippen LogP contribution in [0.2, 0.25) is 0 Å². The minimum Gasteiger partial charge on any atom is -0.508 e. The molecule has 1 unspecified atom stereocenters. The Hall–Kier alpha value is -3.54. The number of carbonyl (C=O) groups excluding carboxylic acids is 1. The van der Waals surface area contributed by atoms with Gasteiger partial charge in [-0.25, -0.2) is 4.98 Å². The lowest BCUT2D eigenvalue weighted by Gasteiger charge is -2.26. The number of ether oxygens (including phenoxy) is 2. The fraction of sp³-hybridized carbons (Fsp3) is 0.182. The fourth-order valence-corrected chi connectivity index (χ4v) is 3.23. The highest BCUT2D eigenvalue weighted by Gasteiger charge is 2.22. The summed E-state index contributed by atoms with van der Waals surface area (Å²) in [5, 5.41) is 12.3. The smallest absolute Gasteiger partial charge is 0.221 e. The molecule has 1 atom stereocenters. The molecule has 3 aromatic rings. The molecule has 0 radical (unpaired) electrons. The van der Waals surface area contributed by atoms with Crippen molar-refractivity contribution < 1.29 is 19.4 Å². The number of aromatic nitrogens is 1. The normalized spacial score (nSPS) is 15.2. The second kappa shape index (κ2) is 7.60. The number of hydrogen-bond donors (Lipinski definition) is 2. The van der Waals surface area contributed by atoms with Crippen LogP contribution in [0.15, 0.2) is 60.8 Å². The van der Waals surface area contributed by atoms with Gasteiger partial charge in [0.05, 0.1) is 11.9 Å². The molecule has 28 heavy (non-hydrogen) atoms. The Labute approximate surface area is 162 Å². The topological polar surface area (TPSA) is 80.7 Å². The molecule has 0 saturated carbocycles. The second-order valence-corrected chi connectivity index (χ2v) is 6.68. The fourth-order valence-electron chi connectivity index (χ4n) is 3.23. The molecular weight excluding hydrogens is 356 g/mol. The van der Waals surface area contributed by atoms with Crippen LogP contribution in [0.5, 0.6) is 23.1 Å². The van der Waals surface area contributed by atoms with Gasteiger partial charge in [-0.2, -0.15) is 0 Å². The van der Waals surface area contributed by atoms with Crippen molar-refractivity contribution in [3.63, 3.8) is 0 Å². The van der Waals surface area contributed by atoms with Gasteiger partial charge in [-0.3, -0.25) is 4.79 Å². The zero-order chi connectivity index (χ0) is 19.5. The highest BCUT2D eigenvalue weighted by atomic mass is 16.5. The van der Waals surface area contributed by atoms with Gasteiger partial charge in [0.1, 0.15) is 23.4 Å². The summed E-state index contributed by atoms with van der Waals surface area (Å²) >= 11 is 0. The number of benzene rings is 2. The molecule has 1 aromatic heterocycles. The van der Waals surface area contributed by atoms with Gasteiger partial charge in [0.25, 0.3) is 0 Å². The van der Waals surface area contributed by atoms with E-state index in [0.29, 0.717) is 17.3 Å². The molecule has 0 aliphatic carbocycles. The molecular formula is C22H20N2O4. The van der Waals surface area contributed by atoms with Gasteiger partial charge >= 0.3 is 0 Å². The Balaban J connectivity index is 1.46. The summed E-state index contributed by atoms with van der Waals surface area (Å²) in [7, 11) is 0. The molecule has 142 valence electrons. The number of rotatable bonds is 4. The summed E-state index contributed by atoms with van der Waals surface area (Å²) in [6.45, 7) is 1.45. The summed E-state index contributed by atoms with van der Waals surface area (Å²) in [5.74, 6) is 2.05. The van der Waals surface area contributed by atoms with Crippen molar-refractivity contribution in [2.75, 3.05) is 5.32 Å². The van der Waals surface area contributed by atoms with E-state index >= 15 is 0 Å². The van der Waals surface area contributed by atoms with Crippen molar-refractivity contribution in [3.05, 3.63) is 71.9 Å². The number of nitrogens with zero attached hydrogens (tertiary/aromatic N) is 1. The van der Waals surface area contributed by atoms with Crippen LogP contribution in [-0.4, -0.2) is 16.0 Å². The Morgan fingerprint density at radius 2 is 2.11 bits per heavy atom.